The van der Waals surface area contributed by atoms with Crippen LogP contribution in [0.4, 0.5) is 9.52 Å². The number of aromatic nitrogens is 2. The van der Waals surface area contributed by atoms with Gasteiger partial charge in [-0.05, 0) is 17.7 Å². The SMILES string of the molecule is CC(=O)Nc1nnc(SCC(=O)NCc2ccc(F)cc2)s1. The second-order valence-electron chi connectivity index (χ2n) is 4.25. The van der Waals surface area contributed by atoms with Crippen LogP contribution in [-0.2, 0) is 16.1 Å². The van der Waals surface area contributed by atoms with Crippen LogP contribution in [0.2, 0.25) is 0 Å². The Balaban J connectivity index is 1.74. The van der Waals surface area contributed by atoms with Gasteiger partial charge >= 0.3 is 0 Å². The van der Waals surface area contributed by atoms with Gasteiger partial charge in [0, 0.05) is 13.5 Å². The number of carbonyl (C=O) groups excluding carboxylic acids is 2. The van der Waals surface area contributed by atoms with E-state index in [2.05, 4.69) is 20.8 Å². The monoisotopic (exact) mass is 340 g/mol. The van der Waals surface area contributed by atoms with Crippen molar-refractivity contribution in [3.05, 3.63) is 35.6 Å². The maximum absolute atomic E-state index is 12.7. The first-order valence-electron chi connectivity index (χ1n) is 6.28. The Morgan fingerprint density at radius 2 is 2.00 bits per heavy atom. The molecular formula is C13H13FN4O2S2. The van der Waals surface area contributed by atoms with Crippen molar-refractivity contribution < 1.29 is 14.0 Å². The molecule has 1 heterocycles. The molecule has 2 aromatic rings. The molecule has 0 fully saturated rings. The van der Waals surface area contributed by atoms with Gasteiger partial charge in [-0.2, -0.15) is 0 Å². The van der Waals surface area contributed by atoms with E-state index < -0.39 is 0 Å². The number of rotatable bonds is 6. The van der Waals surface area contributed by atoms with Gasteiger partial charge in [-0.1, -0.05) is 35.2 Å². The summed E-state index contributed by atoms with van der Waals surface area (Å²) in [6.45, 7) is 1.73. The molecular weight excluding hydrogens is 327 g/mol. The van der Waals surface area contributed by atoms with Crippen LogP contribution in [0.25, 0.3) is 0 Å². The summed E-state index contributed by atoms with van der Waals surface area (Å²) in [4.78, 5) is 22.6. The Kier molecular flexibility index (Phi) is 5.84. The molecule has 0 aliphatic carbocycles. The first kappa shape index (κ1) is 16.4. The predicted octanol–water partition coefficient (Wildman–Crippen LogP) is 2.04. The number of hydrogen-bond donors (Lipinski definition) is 2. The van der Waals surface area contributed by atoms with Gasteiger partial charge in [0.2, 0.25) is 16.9 Å². The minimum Gasteiger partial charge on any atom is -0.351 e. The molecule has 0 spiro atoms. The third-order valence-electron chi connectivity index (χ3n) is 2.42. The molecule has 9 heteroatoms. The maximum Gasteiger partial charge on any atom is 0.230 e. The number of anilines is 1. The summed E-state index contributed by atoms with van der Waals surface area (Å²) in [5.74, 6) is -0.497. The first-order chi connectivity index (χ1) is 10.5. The van der Waals surface area contributed by atoms with Gasteiger partial charge in [0.1, 0.15) is 5.82 Å². The highest BCUT2D eigenvalue weighted by Crippen LogP contribution is 2.25. The Bertz CT molecular complexity index is 660. The second kappa shape index (κ2) is 7.85. The Hall–Kier alpha value is -2.00. The smallest absolute Gasteiger partial charge is 0.230 e. The van der Waals surface area contributed by atoms with E-state index in [0.717, 1.165) is 5.56 Å². The molecule has 0 saturated heterocycles. The van der Waals surface area contributed by atoms with Crippen LogP contribution in [0.15, 0.2) is 28.6 Å². The molecule has 0 atom stereocenters. The third-order valence-corrected chi connectivity index (χ3v) is 4.39. The molecule has 116 valence electrons. The molecule has 6 nitrogen and oxygen atoms in total. The zero-order chi connectivity index (χ0) is 15.9. The second-order valence-corrected chi connectivity index (χ2v) is 6.45. The van der Waals surface area contributed by atoms with E-state index in [1.165, 1.54) is 42.2 Å². The minimum atomic E-state index is -0.308. The molecule has 0 saturated carbocycles. The molecule has 0 aliphatic rings. The van der Waals surface area contributed by atoms with Crippen LogP contribution in [0.3, 0.4) is 0 Å². The van der Waals surface area contributed by atoms with Crippen molar-refractivity contribution in [2.45, 2.75) is 17.8 Å². The van der Waals surface area contributed by atoms with Crippen molar-refractivity contribution in [1.29, 1.82) is 0 Å². The Labute approximate surface area is 134 Å². The number of benzene rings is 1. The number of hydrogen-bond acceptors (Lipinski definition) is 6. The van der Waals surface area contributed by atoms with Gasteiger partial charge in [0.25, 0.3) is 0 Å². The van der Waals surface area contributed by atoms with E-state index >= 15 is 0 Å². The third kappa shape index (κ3) is 5.41. The summed E-state index contributed by atoms with van der Waals surface area (Å²) in [6, 6.07) is 5.93. The number of amides is 2. The summed E-state index contributed by atoms with van der Waals surface area (Å²) >= 11 is 2.44. The quantitative estimate of drug-likeness (QED) is 0.621. The van der Waals surface area contributed by atoms with Crippen molar-refractivity contribution >= 4 is 40.0 Å². The lowest BCUT2D eigenvalue weighted by molar-refractivity contribution is -0.118. The summed E-state index contributed by atoms with van der Waals surface area (Å²) in [6.07, 6.45) is 0. The van der Waals surface area contributed by atoms with Crippen molar-refractivity contribution in [3.8, 4) is 0 Å². The van der Waals surface area contributed by atoms with E-state index in [0.29, 0.717) is 16.0 Å². The molecule has 1 aromatic heterocycles. The van der Waals surface area contributed by atoms with Crippen LogP contribution in [0.1, 0.15) is 12.5 Å². The molecule has 2 amide bonds. The molecule has 0 bridgehead atoms. The van der Waals surface area contributed by atoms with Crippen LogP contribution in [0, 0.1) is 5.82 Å². The van der Waals surface area contributed by atoms with Gasteiger partial charge in [-0.25, -0.2) is 4.39 Å². The average molecular weight is 340 g/mol. The predicted molar refractivity (Wildman–Crippen MR) is 83.2 cm³/mol. The van der Waals surface area contributed by atoms with E-state index in [4.69, 9.17) is 0 Å². The highest BCUT2D eigenvalue weighted by atomic mass is 32.2. The van der Waals surface area contributed by atoms with Gasteiger partial charge in [-0.15, -0.1) is 10.2 Å². The largest absolute Gasteiger partial charge is 0.351 e. The van der Waals surface area contributed by atoms with Crippen molar-refractivity contribution in [2.75, 3.05) is 11.1 Å². The van der Waals surface area contributed by atoms with Crippen molar-refractivity contribution in [3.63, 3.8) is 0 Å². The van der Waals surface area contributed by atoms with Crippen LogP contribution >= 0.6 is 23.1 Å². The van der Waals surface area contributed by atoms with Gasteiger partial charge in [-0.3, -0.25) is 9.59 Å². The molecule has 0 radical (unpaired) electrons. The number of nitrogens with zero attached hydrogens (tertiary/aromatic N) is 2. The molecule has 2 rings (SSSR count). The summed E-state index contributed by atoms with van der Waals surface area (Å²) in [7, 11) is 0. The number of thioether (sulfide) groups is 1. The highest BCUT2D eigenvalue weighted by Gasteiger charge is 2.08. The first-order valence-corrected chi connectivity index (χ1v) is 8.08. The maximum atomic E-state index is 12.7. The molecule has 0 aliphatic heterocycles. The minimum absolute atomic E-state index is 0.161. The fraction of sp³-hybridized carbons (Fsp3) is 0.231. The normalized spacial score (nSPS) is 10.3. The number of halogens is 1. The molecule has 2 N–H and O–H groups in total. The van der Waals surface area contributed by atoms with Crippen LogP contribution in [-0.4, -0.2) is 27.8 Å². The number of nitrogens with one attached hydrogen (secondary N) is 2. The number of carbonyl (C=O) groups is 2. The molecule has 22 heavy (non-hydrogen) atoms. The van der Waals surface area contributed by atoms with Crippen LogP contribution < -0.4 is 10.6 Å². The fourth-order valence-electron chi connectivity index (χ4n) is 1.45. The zero-order valence-corrected chi connectivity index (χ0v) is 13.3. The van der Waals surface area contributed by atoms with E-state index in [1.807, 2.05) is 0 Å². The van der Waals surface area contributed by atoms with Crippen molar-refractivity contribution in [1.82, 2.24) is 15.5 Å². The standard InChI is InChI=1S/C13H13FN4O2S2/c1-8(19)16-12-17-18-13(22-12)21-7-11(20)15-6-9-2-4-10(14)5-3-9/h2-5H,6-7H2,1H3,(H,15,20)(H,16,17,19). The van der Waals surface area contributed by atoms with E-state index in [-0.39, 0.29) is 23.4 Å². The van der Waals surface area contributed by atoms with E-state index in [1.54, 1.807) is 12.1 Å². The fourth-order valence-corrected chi connectivity index (χ4v) is 3.08. The highest BCUT2D eigenvalue weighted by molar-refractivity contribution is 8.01. The van der Waals surface area contributed by atoms with Gasteiger partial charge in [0.05, 0.1) is 5.75 Å². The average Bonchev–Trinajstić information content (AvgIpc) is 2.91. The summed E-state index contributed by atoms with van der Waals surface area (Å²) in [5.41, 5.74) is 0.823. The lowest BCUT2D eigenvalue weighted by atomic mass is 10.2. The lowest BCUT2D eigenvalue weighted by Gasteiger charge is -2.04. The van der Waals surface area contributed by atoms with E-state index in [9.17, 15) is 14.0 Å². The Morgan fingerprint density at radius 3 is 2.68 bits per heavy atom. The van der Waals surface area contributed by atoms with Crippen molar-refractivity contribution in [2.24, 2.45) is 0 Å². The Morgan fingerprint density at radius 1 is 1.27 bits per heavy atom. The summed E-state index contributed by atoms with van der Waals surface area (Å²) < 4.78 is 13.3. The zero-order valence-electron chi connectivity index (χ0n) is 11.6. The topological polar surface area (TPSA) is 84.0 Å². The molecule has 0 unspecified atom stereocenters. The molecule has 1 aromatic carbocycles. The summed E-state index contributed by atoms with van der Waals surface area (Å²) in [5, 5.41) is 13.3. The van der Waals surface area contributed by atoms with Gasteiger partial charge < -0.3 is 10.6 Å². The van der Waals surface area contributed by atoms with Crippen LogP contribution in [0.5, 0.6) is 0 Å². The lowest BCUT2D eigenvalue weighted by Crippen LogP contribution is -2.24. The van der Waals surface area contributed by atoms with Gasteiger partial charge in [0.15, 0.2) is 4.34 Å².